The fraction of sp³-hybridized carbons (Fsp3) is 0.625. The van der Waals surface area contributed by atoms with Gasteiger partial charge in [0, 0.05) is 25.6 Å². The normalized spacial score (nSPS) is 15.3. The number of ether oxygens (including phenoxy) is 1. The number of hydrogen-bond donors (Lipinski definition) is 2. The van der Waals surface area contributed by atoms with Crippen LogP contribution in [0.1, 0.15) is 25.5 Å². The van der Waals surface area contributed by atoms with Crippen LogP contribution in [0, 0.1) is 5.41 Å². The number of methoxy groups -OCH3 is 1. The second kappa shape index (κ2) is 7.74. The first kappa shape index (κ1) is 17.1. The fourth-order valence-electron chi connectivity index (χ4n) is 2.54. The Bertz CT molecular complexity index is 381. The van der Waals surface area contributed by atoms with Crippen LogP contribution in [-0.4, -0.2) is 55.1 Å². The van der Waals surface area contributed by atoms with Gasteiger partial charge in [0.2, 0.25) is 0 Å². The predicted molar refractivity (Wildman–Crippen MR) is 80.6 cm³/mol. The van der Waals surface area contributed by atoms with Crippen molar-refractivity contribution in [1.29, 1.82) is 0 Å². The summed E-state index contributed by atoms with van der Waals surface area (Å²) < 4.78 is 4.93. The summed E-state index contributed by atoms with van der Waals surface area (Å²) in [4.78, 5) is 2.02. The molecule has 0 aliphatic heterocycles. The van der Waals surface area contributed by atoms with E-state index in [1.54, 1.807) is 7.11 Å². The maximum absolute atomic E-state index is 10.5. The molecule has 0 aromatic heterocycles. The van der Waals surface area contributed by atoms with Gasteiger partial charge in [-0.15, -0.1) is 0 Å². The molecule has 0 saturated carbocycles. The monoisotopic (exact) mass is 281 g/mol. The summed E-state index contributed by atoms with van der Waals surface area (Å²) in [5.41, 5.74) is 0.617. The number of nitrogens with zero attached hydrogens (tertiary/aromatic N) is 1. The molecule has 114 valence electrons. The van der Waals surface area contributed by atoms with E-state index in [2.05, 4.69) is 0 Å². The lowest BCUT2D eigenvalue weighted by Crippen LogP contribution is -2.40. The molecule has 0 heterocycles. The lowest BCUT2D eigenvalue weighted by atomic mass is 9.82. The Morgan fingerprint density at radius 2 is 1.80 bits per heavy atom. The van der Waals surface area contributed by atoms with E-state index in [1.807, 2.05) is 56.1 Å². The lowest BCUT2D eigenvalue weighted by molar-refractivity contribution is 0.00237. The molecule has 4 nitrogen and oxygen atoms in total. The molecular weight excluding hydrogens is 254 g/mol. The molecule has 0 saturated heterocycles. The quantitative estimate of drug-likeness (QED) is 0.761. The second-order valence-electron chi connectivity index (χ2n) is 6.11. The van der Waals surface area contributed by atoms with Gasteiger partial charge in [-0.05, 0) is 12.6 Å². The first-order valence-corrected chi connectivity index (χ1v) is 6.95. The number of benzene rings is 1. The standard InChI is InChI=1S/C16H27NO3/c1-16(2,12-17(3)10-14(18)11-20-4)15(19)13-8-6-5-7-9-13/h5-9,14-15,18-19H,10-12H2,1-4H3. The van der Waals surface area contributed by atoms with Crippen LogP contribution in [0.25, 0.3) is 0 Å². The van der Waals surface area contributed by atoms with Gasteiger partial charge in [-0.25, -0.2) is 0 Å². The van der Waals surface area contributed by atoms with E-state index in [0.29, 0.717) is 19.7 Å². The molecule has 4 heteroatoms. The first-order chi connectivity index (χ1) is 9.36. The molecule has 0 aliphatic rings. The van der Waals surface area contributed by atoms with Gasteiger partial charge in [-0.2, -0.15) is 0 Å². The van der Waals surface area contributed by atoms with Gasteiger partial charge in [-0.1, -0.05) is 44.2 Å². The zero-order chi connectivity index (χ0) is 15.2. The SMILES string of the molecule is COCC(O)CN(C)CC(C)(C)C(O)c1ccccc1. The molecule has 0 bridgehead atoms. The van der Waals surface area contributed by atoms with E-state index >= 15 is 0 Å². The maximum Gasteiger partial charge on any atom is 0.0899 e. The minimum atomic E-state index is -0.536. The van der Waals surface area contributed by atoms with Crippen LogP contribution < -0.4 is 0 Å². The Kier molecular flexibility index (Phi) is 6.62. The Hall–Kier alpha value is -0.940. The third kappa shape index (κ3) is 5.21. The highest BCUT2D eigenvalue weighted by Crippen LogP contribution is 2.33. The van der Waals surface area contributed by atoms with E-state index in [0.717, 1.165) is 5.56 Å². The molecule has 2 unspecified atom stereocenters. The van der Waals surface area contributed by atoms with Gasteiger partial charge in [0.05, 0.1) is 18.8 Å². The van der Waals surface area contributed by atoms with E-state index in [-0.39, 0.29) is 5.41 Å². The number of aliphatic hydroxyl groups is 2. The van der Waals surface area contributed by atoms with Crippen LogP contribution in [-0.2, 0) is 4.74 Å². The van der Waals surface area contributed by atoms with Gasteiger partial charge in [0.15, 0.2) is 0 Å². The fourth-order valence-corrected chi connectivity index (χ4v) is 2.54. The van der Waals surface area contributed by atoms with Crippen molar-refractivity contribution in [3.63, 3.8) is 0 Å². The zero-order valence-electron chi connectivity index (χ0n) is 12.9. The Labute approximate surface area is 122 Å². The van der Waals surface area contributed by atoms with Crippen molar-refractivity contribution in [1.82, 2.24) is 4.90 Å². The van der Waals surface area contributed by atoms with Crippen molar-refractivity contribution < 1.29 is 14.9 Å². The highest BCUT2D eigenvalue weighted by molar-refractivity contribution is 5.19. The van der Waals surface area contributed by atoms with Crippen molar-refractivity contribution in [2.75, 3.05) is 33.9 Å². The van der Waals surface area contributed by atoms with Crippen LogP contribution in [0.4, 0.5) is 0 Å². The molecule has 0 fully saturated rings. The van der Waals surface area contributed by atoms with Crippen molar-refractivity contribution in [3.05, 3.63) is 35.9 Å². The average Bonchev–Trinajstić information content (AvgIpc) is 2.38. The predicted octanol–water partition coefficient (Wildman–Crippen LogP) is 1.69. The number of hydrogen-bond acceptors (Lipinski definition) is 4. The molecule has 0 aliphatic carbocycles. The zero-order valence-corrected chi connectivity index (χ0v) is 12.9. The minimum absolute atomic E-state index is 0.303. The van der Waals surface area contributed by atoms with Crippen molar-refractivity contribution in [2.24, 2.45) is 5.41 Å². The average molecular weight is 281 g/mol. The molecule has 0 radical (unpaired) electrons. The third-order valence-corrected chi connectivity index (χ3v) is 3.41. The van der Waals surface area contributed by atoms with E-state index in [4.69, 9.17) is 4.74 Å². The molecule has 2 N–H and O–H groups in total. The van der Waals surface area contributed by atoms with Crippen molar-refractivity contribution >= 4 is 0 Å². The van der Waals surface area contributed by atoms with Crippen LogP contribution in [0.5, 0.6) is 0 Å². The maximum atomic E-state index is 10.5. The summed E-state index contributed by atoms with van der Waals surface area (Å²) in [6.45, 7) is 5.60. The smallest absolute Gasteiger partial charge is 0.0899 e. The van der Waals surface area contributed by atoms with Gasteiger partial charge >= 0.3 is 0 Å². The summed E-state index contributed by atoms with van der Waals surface area (Å²) in [5, 5.41) is 20.3. The number of aliphatic hydroxyl groups excluding tert-OH is 2. The molecule has 20 heavy (non-hydrogen) atoms. The molecule has 2 atom stereocenters. The molecule has 1 aromatic carbocycles. The summed E-state index contributed by atoms with van der Waals surface area (Å²) in [5.74, 6) is 0. The summed E-state index contributed by atoms with van der Waals surface area (Å²) in [7, 11) is 3.52. The first-order valence-electron chi connectivity index (χ1n) is 6.95. The van der Waals surface area contributed by atoms with Crippen LogP contribution in [0.15, 0.2) is 30.3 Å². The Balaban J connectivity index is 2.60. The molecule has 0 spiro atoms. The number of likely N-dealkylation sites (N-methyl/N-ethyl adjacent to an activating group) is 1. The van der Waals surface area contributed by atoms with Gasteiger partial charge in [0.1, 0.15) is 0 Å². The molecule has 1 aromatic rings. The van der Waals surface area contributed by atoms with Crippen molar-refractivity contribution in [3.8, 4) is 0 Å². The topological polar surface area (TPSA) is 52.9 Å². The highest BCUT2D eigenvalue weighted by Gasteiger charge is 2.30. The summed E-state index contributed by atoms with van der Waals surface area (Å²) in [6.07, 6.45) is -1.04. The summed E-state index contributed by atoms with van der Waals surface area (Å²) in [6, 6.07) is 9.68. The van der Waals surface area contributed by atoms with Crippen LogP contribution >= 0.6 is 0 Å². The molecule has 1 rings (SSSR count). The van der Waals surface area contributed by atoms with Crippen LogP contribution in [0.3, 0.4) is 0 Å². The second-order valence-corrected chi connectivity index (χ2v) is 6.11. The Morgan fingerprint density at radius 1 is 1.20 bits per heavy atom. The van der Waals surface area contributed by atoms with Crippen molar-refractivity contribution in [2.45, 2.75) is 26.1 Å². The Morgan fingerprint density at radius 3 is 2.35 bits per heavy atom. The van der Waals surface area contributed by atoms with Gasteiger partial charge in [-0.3, -0.25) is 0 Å². The molecular formula is C16H27NO3. The van der Waals surface area contributed by atoms with E-state index in [1.165, 1.54) is 0 Å². The van der Waals surface area contributed by atoms with E-state index in [9.17, 15) is 10.2 Å². The van der Waals surface area contributed by atoms with Crippen LogP contribution in [0.2, 0.25) is 0 Å². The third-order valence-electron chi connectivity index (χ3n) is 3.41. The van der Waals surface area contributed by atoms with E-state index < -0.39 is 12.2 Å². The minimum Gasteiger partial charge on any atom is -0.389 e. The van der Waals surface area contributed by atoms with Gasteiger partial charge < -0.3 is 19.8 Å². The lowest BCUT2D eigenvalue weighted by Gasteiger charge is -2.35. The van der Waals surface area contributed by atoms with Gasteiger partial charge in [0.25, 0.3) is 0 Å². The summed E-state index contributed by atoms with van der Waals surface area (Å²) >= 11 is 0. The highest BCUT2D eigenvalue weighted by atomic mass is 16.5. The molecule has 0 amide bonds. The largest absolute Gasteiger partial charge is 0.389 e. The number of rotatable bonds is 8.